The minimum atomic E-state index is 0.000456. The lowest BCUT2D eigenvalue weighted by Gasteiger charge is -2.16. The van der Waals surface area contributed by atoms with Crippen molar-refractivity contribution in [3.63, 3.8) is 0 Å². The summed E-state index contributed by atoms with van der Waals surface area (Å²) in [5, 5.41) is 4.09. The van der Waals surface area contributed by atoms with Crippen LogP contribution in [0.1, 0.15) is 19.8 Å². The van der Waals surface area contributed by atoms with Crippen LogP contribution in [-0.2, 0) is 4.79 Å². The summed E-state index contributed by atoms with van der Waals surface area (Å²) in [6, 6.07) is 14.9. The van der Waals surface area contributed by atoms with Crippen LogP contribution in [0.5, 0.6) is 11.5 Å². The van der Waals surface area contributed by atoms with Gasteiger partial charge in [-0.3, -0.25) is 4.79 Å². The first-order chi connectivity index (χ1) is 14.2. The minimum absolute atomic E-state index is 0.000456. The molecule has 0 bridgehead atoms. The second-order valence-electron chi connectivity index (χ2n) is 6.75. The molecule has 0 saturated carbocycles. The number of carbonyl (C=O) groups excluding carboxylic acids is 1. The highest BCUT2D eigenvalue weighted by Crippen LogP contribution is 2.30. The Morgan fingerprint density at radius 2 is 1.83 bits per heavy atom. The summed E-state index contributed by atoms with van der Waals surface area (Å²) in [5.41, 5.74) is 1.48. The van der Waals surface area contributed by atoms with Crippen LogP contribution < -0.4 is 9.47 Å². The molecular formula is C22H23N3O4. The molecule has 1 saturated heterocycles. The van der Waals surface area contributed by atoms with Crippen molar-refractivity contribution in [3.8, 4) is 34.3 Å². The third-order valence-corrected chi connectivity index (χ3v) is 4.78. The predicted octanol–water partition coefficient (Wildman–Crippen LogP) is 3.80. The SMILES string of the molecule is CCOc1ccc(-c2nc(-c3ccccc3OCC(=O)N3CCCC3)no2)cc1. The third-order valence-electron chi connectivity index (χ3n) is 4.78. The second kappa shape index (κ2) is 8.77. The van der Waals surface area contributed by atoms with Crippen molar-refractivity contribution in [2.45, 2.75) is 19.8 Å². The summed E-state index contributed by atoms with van der Waals surface area (Å²) in [4.78, 5) is 18.6. The minimum Gasteiger partial charge on any atom is -0.494 e. The molecule has 7 nitrogen and oxygen atoms in total. The van der Waals surface area contributed by atoms with Crippen molar-refractivity contribution < 1.29 is 18.8 Å². The van der Waals surface area contributed by atoms with E-state index in [0.717, 1.165) is 37.2 Å². The highest BCUT2D eigenvalue weighted by molar-refractivity contribution is 5.78. The van der Waals surface area contributed by atoms with Gasteiger partial charge in [-0.1, -0.05) is 17.3 Å². The Morgan fingerprint density at radius 3 is 2.59 bits per heavy atom. The molecule has 7 heteroatoms. The molecule has 1 aromatic heterocycles. The molecular weight excluding hydrogens is 370 g/mol. The number of benzene rings is 2. The zero-order valence-corrected chi connectivity index (χ0v) is 16.3. The number of amides is 1. The number of hydrogen-bond donors (Lipinski definition) is 0. The van der Waals surface area contributed by atoms with Gasteiger partial charge in [0.1, 0.15) is 11.5 Å². The average Bonchev–Trinajstić information content (AvgIpc) is 3.45. The van der Waals surface area contributed by atoms with E-state index in [1.807, 2.05) is 54.3 Å². The van der Waals surface area contributed by atoms with Gasteiger partial charge in [0.25, 0.3) is 11.8 Å². The van der Waals surface area contributed by atoms with E-state index in [-0.39, 0.29) is 12.5 Å². The summed E-state index contributed by atoms with van der Waals surface area (Å²) in [6.45, 7) is 4.17. The van der Waals surface area contributed by atoms with Crippen molar-refractivity contribution >= 4 is 5.91 Å². The normalized spacial score (nSPS) is 13.5. The van der Waals surface area contributed by atoms with E-state index >= 15 is 0 Å². The van der Waals surface area contributed by atoms with Crippen LogP contribution in [0.25, 0.3) is 22.8 Å². The number of ether oxygens (including phenoxy) is 2. The van der Waals surface area contributed by atoms with Gasteiger partial charge in [0.2, 0.25) is 5.82 Å². The molecule has 1 amide bonds. The van der Waals surface area contributed by atoms with Crippen LogP contribution in [0.4, 0.5) is 0 Å². The van der Waals surface area contributed by atoms with E-state index in [1.165, 1.54) is 0 Å². The maximum absolute atomic E-state index is 12.3. The maximum Gasteiger partial charge on any atom is 0.260 e. The van der Waals surface area contributed by atoms with Crippen molar-refractivity contribution in [1.82, 2.24) is 15.0 Å². The Bertz CT molecular complexity index is 962. The van der Waals surface area contributed by atoms with E-state index < -0.39 is 0 Å². The predicted molar refractivity (Wildman–Crippen MR) is 108 cm³/mol. The summed E-state index contributed by atoms with van der Waals surface area (Å²) < 4.78 is 16.7. The number of likely N-dealkylation sites (tertiary alicyclic amines) is 1. The zero-order valence-electron chi connectivity index (χ0n) is 16.3. The molecule has 1 aliphatic rings. The first-order valence-corrected chi connectivity index (χ1v) is 9.81. The monoisotopic (exact) mass is 393 g/mol. The standard InChI is InChI=1S/C22H23N3O4/c1-2-27-17-11-9-16(10-12-17)22-23-21(24-29-22)18-7-3-4-8-19(18)28-15-20(26)25-13-5-6-14-25/h3-4,7-12H,2,5-6,13-15H2,1H3. The Morgan fingerprint density at radius 1 is 1.07 bits per heavy atom. The molecule has 0 unspecified atom stereocenters. The van der Waals surface area contributed by atoms with Crippen LogP contribution in [0.3, 0.4) is 0 Å². The van der Waals surface area contributed by atoms with Crippen LogP contribution >= 0.6 is 0 Å². The fourth-order valence-corrected chi connectivity index (χ4v) is 3.29. The molecule has 1 fully saturated rings. The fraction of sp³-hybridized carbons (Fsp3) is 0.318. The van der Waals surface area contributed by atoms with Crippen molar-refractivity contribution in [3.05, 3.63) is 48.5 Å². The second-order valence-corrected chi connectivity index (χ2v) is 6.75. The summed E-state index contributed by atoms with van der Waals surface area (Å²) in [7, 11) is 0. The summed E-state index contributed by atoms with van der Waals surface area (Å²) in [5.74, 6) is 2.17. The van der Waals surface area contributed by atoms with Crippen molar-refractivity contribution in [2.24, 2.45) is 0 Å². The van der Waals surface area contributed by atoms with Crippen molar-refractivity contribution in [2.75, 3.05) is 26.3 Å². The van der Waals surface area contributed by atoms with E-state index in [1.54, 1.807) is 6.07 Å². The molecule has 0 N–H and O–H groups in total. The summed E-state index contributed by atoms with van der Waals surface area (Å²) in [6.07, 6.45) is 2.11. The van der Waals surface area contributed by atoms with Gasteiger partial charge in [0, 0.05) is 18.7 Å². The Labute approximate surface area is 169 Å². The molecule has 150 valence electrons. The van der Waals surface area contributed by atoms with E-state index in [9.17, 15) is 4.79 Å². The van der Waals surface area contributed by atoms with E-state index in [2.05, 4.69) is 10.1 Å². The number of hydrogen-bond acceptors (Lipinski definition) is 6. The molecule has 0 atom stereocenters. The molecule has 0 radical (unpaired) electrons. The highest BCUT2D eigenvalue weighted by atomic mass is 16.5. The Hall–Kier alpha value is -3.35. The largest absolute Gasteiger partial charge is 0.494 e. The quantitative estimate of drug-likeness (QED) is 0.608. The van der Waals surface area contributed by atoms with Gasteiger partial charge < -0.3 is 18.9 Å². The van der Waals surface area contributed by atoms with Gasteiger partial charge in [-0.25, -0.2) is 0 Å². The molecule has 29 heavy (non-hydrogen) atoms. The Balaban J connectivity index is 1.49. The summed E-state index contributed by atoms with van der Waals surface area (Å²) >= 11 is 0. The smallest absolute Gasteiger partial charge is 0.260 e. The van der Waals surface area contributed by atoms with E-state index in [4.69, 9.17) is 14.0 Å². The number of para-hydroxylation sites is 1. The first kappa shape index (κ1) is 19.0. The average molecular weight is 393 g/mol. The molecule has 0 aliphatic carbocycles. The van der Waals surface area contributed by atoms with Gasteiger partial charge in [-0.2, -0.15) is 4.98 Å². The van der Waals surface area contributed by atoms with Crippen LogP contribution in [0.2, 0.25) is 0 Å². The molecule has 2 heterocycles. The molecule has 4 rings (SSSR count). The van der Waals surface area contributed by atoms with Crippen molar-refractivity contribution in [1.29, 1.82) is 0 Å². The lowest BCUT2D eigenvalue weighted by atomic mass is 10.2. The molecule has 1 aliphatic heterocycles. The van der Waals surface area contributed by atoms with Crippen LogP contribution in [0.15, 0.2) is 53.1 Å². The number of rotatable bonds is 7. The number of nitrogens with zero attached hydrogens (tertiary/aromatic N) is 3. The molecule has 3 aromatic rings. The topological polar surface area (TPSA) is 77.7 Å². The highest BCUT2D eigenvalue weighted by Gasteiger charge is 2.20. The van der Waals surface area contributed by atoms with Gasteiger partial charge in [0.15, 0.2) is 6.61 Å². The lowest BCUT2D eigenvalue weighted by molar-refractivity contribution is -0.132. The van der Waals surface area contributed by atoms with Gasteiger partial charge in [-0.05, 0) is 56.2 Å². The molecule has 2 aromatic carbocycles. The fourth-order valence-electron chi connectivity index (χ4n) is 3.29. The number of carbonyl (C=O) groups is 1. The van der Waals surface area contributed by atoms with E-state index in [0.29, 0.717) is 29.6 Å². The molecule has 0 spiro atoms. The zero-order chi connectivity index (χ0) is 20.1. The van der Waals surface area contributed by atoms with Gasteiger partial charge in [0.05, 0.1) is 12.2 Å². The Kier molecular flexibility index (Phi) is 5.74. The lowest BCUT2D eigenvalue weighted by Crippen LogP contribution is -2.32. The van der Waals surface area contributed by atoms with Gasteiger partial charge in [-0.15, -0.1) is 0 Å². The third kappa shape index (κ3) is 4.39. The number of aromatic nitrogens is 2. The maximum atomic E-state index is 12.3. The van der Waals surface area contributed by atoms with Crippen LogP contribution in [0, 0.1) is 0 Å². The first-order valence-electron chi connectivity index (χ1n) is 9.81. The van der Waals surface area contributed by atoms with Gasteiger partial charge >= 0.3 is 0 Å². The van der Waals surface area contributed by atoms with Crippen LogP contribution in [-0.4, -0.2) is 47.3 Å².